The Kier molecular flexibility index (Phi) is 6.06. The molecule has 1 saturated heterocycles. The minimum atomic E-state index is -3.61. The van der Waals surface area contributed by atoms with Gasteiger partial charge >= 0.3 is 0 Å². The molecule has 0 unspecified atom stereocenters. The molecule has 1 fully saturated rings. The third-order valence-corrected chi connectivity index (χ3v) is 7.35. The summed E-state index contributed by atoms with van der Waals surface area (Å²) in [5.74, 6) is 0.548. The first-order valence-corrected chi connectivity index (χ1v) is 11.5. The summed E-state index contributed by atoms with van der Waals surface area (Å²) < 4.78 is 32.9. The number of piperazine rings is 1. The highest BCUT2D eigenvalue weighted by molar-refractivity contribution is 7.89. The van der Waals surface area contributed by atoms with Crippen molar-refractivity contribution in [1.29, 1.82) is 0 Å². The van der Waals surface area contributed by atoms with Crippen LogP contribution in [-0.2, 0) is 14.8 Å². The van der Waals surface area contributed by atoms with Gasteiger partial charge in [-0.1, -0.05) is 48.5 Å². The van der Waals surface area contributed by atoms with Gasteiger partial charge in [0.05, 0.1) is 12.0 Å². The van der Waals surface area contributed by atoms with Gasteiger partial charge in [0.15, 0.2) is 0 Å². The predicted octanol–water partition coefficient (Wildman–Crippen LogP) is 3.39. The Bertz CT molecular complexity index is 1230. The fraction of sp³-hybridized carbons (Fsp3) is 0.208. The van der Waals surface area contributed by atoms with E-state index in [4.69, 9.17) is 4.74 Å². The molecule has 1 aliphatic heterocycles. The lowest BCUT2D eigenvalue weighted by Crippen LogP contribution is -2.50. The van der Waals surface area contributed by atoms with Gasteiger partial charge < -0.3 is 9.64 Å². The fourth-order valence-corrected chi connectivity index (χ4v) is 5.15. The molecule has 0 radical (unpaired) electrons. The molecule has 0 N–H and O–H groups in total. The molecule has 3 aromatic rings. The van der Waals surface area contributed by atoms with Crippen LogP contribution in [0.2, 0.25) is 0 Å². The van der Waals surface area contributed by atoms with E-state index >= 15 is 0 Å². The summed E-state index contributed by atoms with van der Waals surface area (Å²) in [5, 5.41) is 1.89. The van der Waals surface area contributed by atoms with Crippen LogP contribution < -0.4 is 4.74 Å². The van der Waals surface area contributed by atoms with E-state index < -0.39 is 10.0 Å². The van der Waals surface area contributed by atoms with Gasteiger partial charge in [-0.3, -0.25) is 4.79 Å². The van der Waals surface area contributed by atoms with Crippen molar-refractivity contribution in [2.45, 2.75) is 4.90 Å². The lowest BCUT2D eigenvalue weighted by atomic mass is 10.1. The highest BCUT2D eigenvalue weighted by Gasteiger charge is 2.29. The second kappa shape index (κ2) is 8.91. The van der Waals surface area contributed by atoms with E-state index in [1.165, 1.54) is 10.4 Å². The van der Waals surface area contributed by atoms with Gasteiger partial charge in [-0.15, -0.1) is 0 Å². The summed E-state index contributed by atoms with van der Waals surface area (Å²) in [5.41, 5.74) is 0.816. The first-order chi connectivity index (χ1) is 15.0. The molecular weight excluding hydrogens is 412 g/mol. The smallest absolute Gasteiger partial charge is 0.246 e. The van der Waals surface area contributed by atoms with Crippen molar-refractivity contribution < 1.29 is 17.9 Å². The first-order valence-electron chi connectivity index (χ1n) is 10.1. The lowest BCUT2D eigenvalue weighted by molar-refractivity contribution is -0.127. The van der Waals surface area contributed by atoms with Crippen molar-refractivity contribution in [2.24, 2.45) is 0 Å². The third kappa shape index (κ3) is 4.47. The average molecular weight is 437 g/mol. The number of hydrogen-bond acceptors (Lipinski definition) is 4. The highest BCUT2D eigenvalue weighted by Crippen LogP contribution is 2.23. The molecule has 1 amide bonds. The zero-order valence-electron chi connectivity index (χ0n) is 17.3. The van der Waals surface area contributed by atoms with Gasteiger partial charge in [0.2, 0.25) is 15.9 Å². The number of carbonyl (C=O) groups is 1. The average Bonchev–Trinajstić information content (AvgIpc) is 2.82. The Hall–Kier alpha value is -3.16. The molecular formula is C24H24N2O4S. The summed E-state index contributed by atoms with van der Waals surface area (Å²) in [6, 6.07) is 20.3. The van der Waals surface area contributed by atoms with Crippen molar-refractivity contribution in [1.82, 2.24) is 9.21 Å². The van der Waals surface area contributed by atoms with Crippen molar-refractivity contribution in [2.75, 3.05) is 33.3 Å². The van der Waals surface area contributed by atoms with Crippen molar-refractivity contribution in [3.05, 3.63) is 78.4 Å². The Morgan fingerprint density at radius 2 is 1.58 bits per heavy atom. The van der Waals surface area contributed by atoms with Crippen LogP contribution in [0.1, 0.15) is 5.56 Å². The maximum absolute atomic E-state index is 13.1. The molecule has 0 atom stereocenters. The Morgan fingerprint density at radius 3 is 2.32 bits per heavy atom. The second-order valence-electron chi connectivity index (χ2n) is 7.31. The number of methoxy groups -OCH3 is 1. The molecule has 1 heterocycles. The molecule has 3 aromatic carbocycles. The summed E-state index contributed by atoms with van der Waals surface area (Å²) in [7, 11) is -2.02. The highest BCUT2D eigenvalue weighted by atomic mass is 32.2. The number of carbonyl (C=O) groups excluding carboxylic acids is 1. The number of nitrogens with zero attached hydrogens (tertiary/aromatic N) is 2. The van der Waals surface area contributed by atoms with E-state index in [0.29, 0.717) is 18.8 Å². The number of benzene rings is 3. The van der Waals surface area contributed by atoms with Crippen LogP contribution in [0, 0.1) is 0 Å². The fourth-order valence-electron chi connectivity index (χ4n) is 3.70. The summed E-state index contributed by atoms with van der Waals surface area (Å²) in [6.45, 7) is 1.23. The van der Waals surface area contributed by atoms with E-state index in [1.54, 1.807) is 30.2 Å². The van der Waals surface area contributed by atoms with E-state index in [9.17, 15) is 13.2 Å². The molecule has 1 aliphatic rings. The molecule has 0 aromatic heterocycles. The number of ether oxygens (including phenoxy) is 1. The van der Waals surface area contributed by atoms with Gasteiger partial charge in [-0.05, 0) is 35.0 Å². The van der Waals surface area contributed by atoms with Crippen LogP contribution in [-0.4, -0.2) is 56.8 Å². The van der Waals surface area contributed by atoms with Crippen molar-refractivity contribution in [3.8, 4) is 5.75 Å². The van der Waals surface area contributed by atoms with Crippen LogP contribution >= 0.6 is 0 Å². The maximum Gasteiger partial charge on any atom is 0.246 e. The van der Waals surface area contributed by atoms with Crippen molar-refractivity contribution in [3.63, 3.8) is 0 Å². The summed E-state index contributed by atoms with van der Waals surface area (Å²) >= 11 is 0. The molecule has 6 nitrogen and oxygen atoms in total. The minimum absolute atomic E-state index is 0.145. The number of amides is 1. The molecule has 0 spiro atoms. The normalized spacial score (nSPS) is 15.5. The van der Waals surface area contributed by atoms with E-state index in [2.05, 4.69) is 0 Å². The van der Waals surface area contributed by atoms with Crippen LogP contribution in [0.15, 0.2) is 77.7 Å². The summed E-state index contributed by atoms with van der Waals surface area (Å²) in [6.07, 6.45) is 3.23. The molecule has 0 aliphatic carbocycles. The summed E-state index contributed by atoms with van der Waals surface area (Å²) in [4.78, 5) is 14.5. The second-order valence-corrected chi connectivity index (χ2v) is 9.25. The molecule has 4 rings (SSSR count). The minimum Gasteiger partial charge on any atom is -0.496 e. The first kappa shape index (κ1) is 21.1. The standard InChI is InChI=1S/C24H24N2O4S/c1-30-23-9-5-4-7-20(23)11-13-24(27)25-14-16-26(17-15-25)31(28,29)22-12-10-19-6-2-3-8-21(19)18-22/h2-13,18H,14-17H2,1H3. The van der Waals surface area contributed by atoms with E-state index in [1.807, 2.05) is 54.6 Å². The Morgan fingerprint density at radius 1 is 0.903 bits per heavy atom. The zero-order chi connectivity index (χ0) is 21.8. The molecule has 160 valence electrons. The van der Waals surface area contributed by atoms with Crippen LogP contribution in [0.3, 0.4) is 0 Å². The largest absolute Gasteiger partial charge is 0.496 e. The molecule has 0 saturated carbocycles. The van der Waals surface area contributed by atoms with Crippen LogP contribution in [0.25, 0.3) is 16.8 Å². The van der Waals surface area contributed by atoms with E-state index in [-0.39, 0.29) is 23.9 Å². The number of sulfonamides is 1. The van der Waals surface area contributed by atoms with Gasteiger partial charge in [-0.25, -0.2) is 8.42 Å². The maximum atomic E-state index is 13.1. The van der Waals surface area contributed by atoms with Gasteiger partial charge in [0.25, 0.3) is 0 Å². The Balaban J connectivity index is 1.42. The van der Waals surface area contributed by atoms with Gasteiger partial charge in [0.1, 0.15) is 5.75 Å². The van der Waals surface area contributed by atoms with Crippen LogP contribution in [0.5, 0.6) is 5.75 Å². The quantitative estimate of drug-likeness (QED) is 0.575. The topological polar surface area (TPSA) is 66.9 Å². The van der Waals surface area contributed by atoms with Gasteiger partial charge in [-0.2, -0.15) is 4.31 Å². The number of para-hydroxylation sites is 1. The molecule has 31 heavy (non-hydrogen) atoms. The Labute approximate surface area is 182 Å². The number of fused-ring (bicyclic) bond motifs is 1. The van der Waals surface area contributed by atoms with E-state index in [0.717, 1.165) is 16.3 Å². The zero-order valence-corrected chi connectivity index (χ0v) is 18.1. The van der Waals surface area contributed by atoms with Crippen molar-refractivity contribution >= 4 is 32.8 Å². The monoisotopic (exact) mass is 436 g/mol. The number of hydrogen-bond donors (Lipinski definition) is 0. The number of rotatable bonds is 5. The SMILES string of the molecule is COc1ccccc1C=CC(=O)N1CCN(S(=O)(=O)c2ccc3ccccc3c2)CC1. The van der Waals surface area contributed by atoms with Gasteiger partial charge in [0, 0.05) is 37.8 Å². The molecule has 0 bridgehead atoms. The predicted molar refractivity (Wildman–Crippen MR) is 121 cm³/mol. The third-order valence-electron chi connectivity index (χ3n) is 5.45. The van der Waals surface area contributed by atoms with Crippen LogP contribution in [0.4, 0.5) is 0 Å². The molecule has 7 heteroatoms. The lowest BCUT2D eigenvalue weighted by Gasteiger charge is -2.33.